The number of hydrogen-bond donors (Lipinski definition) is 0. The Hall–Kier alpha value is -0.480. The maximum absolute atomic E-state index is 11.3. The van der Waals surface area contributed by atoms with Crippen LogP contribution >= 0.6 is 11.8 Å². The van der Waals surface area contributed by atoms with E-state index in [1.807, 2.05) is 33.2 Å². The lowest BCUT2D eigenvalue weighted by molar-refractivity contribution is 0.106. The van der Waals surface area contributed by atoms with Crippen LogP contribution in [-0.4, -0.2) is 42.2 Å². The van der Waals surface area contributed by atoms with Gasteiger partial charge in [0.05, 0.1) is 0 Å². The quantitative estimate of drug-likeness (QED) is 0.498. The Morgan fingerprint density at radius 2 is 2.00 bits per heavy atom. The molecule has 0 aromatic rings. The Morgan fingerprint density at radius 1 is 1.42 bits per heavy atom. The molecule has 0 aliphatic heterocycles. The van der Waals surface area contributed by atoms with Gasteiger partial charge in [-0.3, -0.25) is 9.80 Å². The van der Waals surface area contributed by atoms with Crippen molar-refractivity contribution in [2.75, 3.05) is 26.9 Å². The van der Waals surface area contributed by atoms with Gasteiger partial charge in [0.2, 0.25) is 0 Å². The highest BCUT2D eigenvalue weighted by molar-refractivity contribution is 8.13. The van der Waals surface area contributed by atoms with Crippen LogP contribution in [0.15, 0.2) is 12.2 Å². The monoisotopic (exact) mass is 188 g/mol. The summed E-state index contributed by atoms with van der Waals surface area (Å²) < 4.78 is 0. The van der Waals surface area contributed by atoms with Crippen molar-refractivity contribution in [3.8, 4) is 0 Å². The zero-order chi connectivity index (χ0) is 9.56. The lowest BCUT2D eigenvalue weighted by atomic mass is 10.6. The van der Waals surface area contributed by atoms with E-state index in [1.165, 1.54) is 11.8 Å². The van der Waals surface area contributed by atoms with Crippen molar-refractivity contribution in [2.45, 2.75) is 6.92 Å². The topological polar surface area (TPSA) is 23.6 Å². The van der Waals surface area contributed by atoms with Gasteiger partial charge in [-0.05, 0) is 6.92 Å². The van der Waals surface area contributed by atoms with Crippen molar-refractivity contribution in [2.24, 2.45) is 0 Å². The molecule has 0 N–H and O–H groups in total. The van der Waals surface area contributed by atoms with E-state index in [-0.39, 0.29) is 5.24 Å². The fourth-order valence-electron chi connectivity index (χ4n) is 0.472. The van der Waals surface area contributed by atoms with Crippen molar-refractivity contribution in [1.82, 2.24) is 10.0 Å². The van der Waals surface area contributed by atoms with E-state index in [0.29, 0.717) is 0 Å². The number of hydrazine groups is 1. The molecule has 0 unspecified atom stereocenters. The molecular formula is C8H16N2OS. The molecule has 0 saturated heterocycles. The Kier molecular flexibility index (Phi) is 5.84. The molecule has 1 amide bonds. The summed E-state index contributed by atoms with van der Waals surface area (Å²) in [6.07, 6.45) is 3.90. The molecule has 3 nitrogen and oxygen atoms in total. The highest BCUT2D eigenvalue weighted by atomic mass is 32.2. The average molecular weight is 188 g/mol. The fraction of sp³-hybridized carbons (Fsp3) is 0.625. The van der Waals surface area contributed by atoms with Crippen LogP contribution in [0, 0.1) is 0 Å². The Bertz CT molecular complexity index is 168. The molecule has 0 saturated carbocycles. The normalized spacial score (nSPS) is 11.1. The second-order valence-electron chi connectivity index (χ2n) is 2.52. The van der Waals surface area contributed by atoms with Crippen molar-refractivity contribution in [3.63, 3.8) is 0 Å². The standard InChI is InChI=1S/C8H16N2OS/c1-5-6-7-12-8(11)10(4)9(2)3/h5-6H,7H2,1-4H3/b6-5+. The van der Waals surface area contributed by atoms with Gasteiger partial charge in [0.25, 0.3) is 5.24 Å². The summed E-state index contributed by atoms with van der Waals surface area (Å²) in [5.74, 6) is 0.744. The van der Waals surface area contributed by atoms with Crippen LogP contribution in [0.2, 0.25) is 0 Å². The molecule has 12 heavy (non-hydrogen) atoms. The first-order valence-corrected chi connectivity index (χ1v) is 4.77. The maximum atomic E-state index is 11.3. The summed E-state index contributed by atoms with van der Waals surface area (Å²) in [4.78, 5) is 11.3. The van der Waals surface area contributed by atoms with Crippen LogP contribution in [0.3, 0.4) is 0 Å². The molecular weight excluding hydrogens is 172 g/mol. The minimum absolute atomic E-state index is 0.0677. The van der Waals surface area contributed by atoms with Gasteiger partial charge in [-0.2, -0.15) is 0 Å². The summed E-state index contributed by atoms with van der Waals surface area (Å²) in [6.45, 7) is 1.95. The van der Waals surface area contributed by atoms with E-state index in [1.54, 1.807) is 17.1 Å². The second-order valence-corrected chi connectivity index (χ2v) is 3.49. The third kappa shape index (κ3) is 4.41. The van der Waals surface area contributed by atoms with Crippen LogP contribution in [0.1, 0.15) is 6.92 Å². The van der Waals surface area contributed by atoms with Gasteiger partial charge >= 0.3 is 0 Å². The van der Waals surface area contributed by atoms with E-state index in [4.69, 9.17) is 0 Å². The summed E-state index contributed by atoms with van der Waals surface area (Å²) in [5, 5.41) is 3.40. The molecule has 0 spiro atoms. The van der Waals surface area contributed by atoms with Gasteiger partial charge < -0.3 is 0 Å². The highest BCUT2D eigenvalue weighted by Crippen LogP contribution is 2.07. The SMILES string of the molecule is C/C=C/CSC(=O)N(C)N(C)C. The molecule has 0 radical (unpaired) electrons. The average Bonchev–Trinajstić information content (AvgIpc) is 2.03. The van der Waals surface area contributed by atoms with Gasteiger partial charge in [0, 0.05) is 26.9 Å². The van der Waals surface area contributed by atoms with Gasteiger partial charge in [-0.15, -0.1) is 0 Å². The number of rotatable bonds is 3. The zero-order valence-corrected chi connectivity index (χ0v) is 8.89. The molecule has 0 aliphatic rings. The minimum atomic E-state index is 0.0677. The lowest BCUT2D eigenvalue weighted by Gasteiger charge is -2.23. The van der Waals surface area contributed by atoms with E-state index < -0.39 is 0 Å². The smallest absolute Gasteiger partial charge is 0.270 e. The van der Waals surface area contributed by atoms with Crippen LogP contribution in [-0.2, 0) is 0 Å². The second kappa shape index (κ2) is 6.08. The van der Waals surface area contributed by atoms with Crippen molar-refractivity contribution < 1.29 is 4.79 Å². The van der Waals surface area contributed by atoms with Crippen LogP contribution < -0.4 is 0 Å². The number of thioether (sulfide) groups is 1. The van der Waals surface area contributed by atoms with Crippen LogP contribution in [0.4, 0.5) is 4.79 Å². The number of carbonyl (C=O) groups is 1. The predicted molar refractivity (Wildman–Crippen MR) is 54.1 cm³/mol. The number of amides is 1. The zero-order valence-electron chi connectivity index (χ0n) is 8.07. The van der Waals surface area contributed by atoms with Crippen molar-refractivity contribution >= 4 is 17.0 Å². The summed E-state index contributed by atoms with van der Waals surface area (Å²) >= 11 is 1.30. The van der Waals surface area contributed by atoms with Crippen LogP contribution in [0.25, 0.3) is 0 Å². The molecule has 0 rings (SSSR count). The van der Waals surface area contributed by atoms with E-state index in [2.05, 4.69) is 0 Å². The Balaban J connectivity index is 3.72. The van der Waals surface area contributed by atoms with E-state index >= 15 is 0 Å². The maximum Gasteiger partial charge on any atom is 0.295 e. The van der Waals surface area contributed by atoms with E-state index in [0.717, 1.165) is 5.75 Å². The van der Waals surface area contributed by atoms with E-state index in [9.17, 15) is 4.79 Å². The number of hydrogen-bond acceptors (Lipinski definition) is 3. The number of allylic oxidation sites excluding steroid dienone is 1. The first kappa shape index (κ1) is 11.5. The first-order chi connectivity index (χ1) is 5.59. The Morgan fingerprint density at radius 3 is 2.42 bits per heavy atom. The third-order valence-electron chi connectivity index (χ3n) is 1.40. The molecule has 0 aromatic carbocycles. The number of carbonyl (C=O) groups excluding carboxylic acids is 1. The van der Waals surface area contributed by atoms with Gasteiger partial charge in [-0.1, -0.05) is 23.9 Å². The molecule has 0 heterocycles. The Labute approximate surface area is 78.4 Å². The molecule has 0 bridgehead atoms. The number of nitrogens with zero attached hydrogens (tertiary/aromatic N) is 2. The summed E-state index contributed by atoms with van der Waals surface area (Å²) in [7, 11) is 5.44. The largest absolute Gasteiger partial charge is 0.295 e. The highest BCUT2D eigenvalue weighted by Gasteiger charge is 2.09. The summed E-state index contributed by atoms with van der Waals surface area (Å²) in [5.41, 5.74) is 0. The first-order valence-electron chi connectivity index (χ1n) is 3.78. The lowest BCUT2D eigenvalue weighted by Crippen LogP contribution is -2.36. The fourth-order valence-corrected chi connectivity index (χ4v) is 1.25. The summed E-state index contributed by atoms with van der Waals surface area (Å²) in [6, 6.07) is 0. The van der Waals surface area contributed by atoms with Gasteiger partial charge in [-0.25, -0.2) is 5.01 Å². The molecule has 70 valence electrons. The molecule has 0 fully saturated rings. The molecule has 0 atom stereocenters. The molecule has 0 aromatic heterocycles. The van der Waals surface area contributed by atoms with Gasteiger partial charge in [0.1, 0.15) is 0 Å². The predicted octanol–water partition coefficient (Wildman–Crippen LogP) is 1.82. The third-order valence-corrected chi connectivity index (χ3v) is 2.27. The molecule has 4 heteroatoms. The minimum Gasteiger partial charge on any atom is -0.270 e. The van der Waals surface area contributed by atoms with Crippen molar-refractivity contribution in [1.29, 1.82) is 0 Å². The molecule has 0 aliphatic carbocycles. The van der Waals surface area contributed by atoms with Crippen molar-refractivity contribution in [3.05, 3.63) is 12.2 Å². The van der Waals surface area contributed by atoms with Gasteiger partial charge in [0.15, 0.2) is 0 Å². The van der Waals surface area contributed by atoms with Crippen LogP contribution in [0.5, 0.6) is 0 Å².